The van der Waals surface area contributed by atoms with E-state index in [0.29, 0.717) is 11.3 Å². The Hall–Kier alpha value is -3.68. The standard InChI is InChI=1S/C18H14N2O6/c21-15(22)10-14-16(11-4-2-1-3-5-11)19(18(24)17(14)23)12-6-8-13(9-7-12)20(25)26/h1-9,16,23H,10H2,(H,21,22). The number of non-ortho nitro benzene ring substituents is 1. The number of nitro groups is 1. The van der Waals surface area contributed by atoms with Gasteiger partial charge >= 0.3 is 5.97 Å². The van der Waals surface area contributed by atoms with Gasteiger partial charge in [-0.1, -0.05) is 30.3 Å². The van der Waals surface area contributed by atoms with Crippen molar-refractivity contribution in [1.82, 2.24) is 0 Å². The van der Waals surface area contributed by atoms with E-state index in [1.165, 1.54) is 29.2 Å². The molecule has 0 aliphatic carbocycles. The van der Waals surface area contributed by atoms with E-state index in [1.807, 2.05) is 0 Å². The molecule has 1 atom stereocenters. The van der Waals surface area contributed by atoms with Crippen LogP contribution in [0.2, 0.25) is 0 Å². The van der Waals surface area contributed by atoms with E-state index in [2.05, 4.69) is 0 Å². The second-order valence-electron chi connectivity index (χ2n) is 5.71. The third-order valence-corrected chi connectivity index (χ3v) is 4.11. The van der Waals surface area contributed by atoms with Crippen molar-refractivity contribution in [2.45, 2.75) is 12.5 Å². The minimum absolute atomic E-state index is 0.0760. The zero-order chi connectivity index (χ0) is 18.8. The number of aliphatic hydroxyl groups excluding tert-OH is 1. The summed E-state index contributed by atoms with van der Waals surface area (Å²) < 4.78 is 0. The normalized spacial score (nSPS) is 16.8. The average Bonchev–Trinajstić information content (AvgIpc) is 2.87. The van der Waals surface area contributed by atoms with E-state index in [-0.39, 0.29) is 11.3 Å². The largest absolute Gasteiger partial charge is 0.503 e. The first-order valence-corrected chi connectivity index (χ1v) is 7.67. The van der Waals surface area contributed by atoms with Crippen LogP contribution < -0.4 is 4.90 Å². The van der Waals surface area contributed by atoms with Gasteiger partial charge in [-0.3, -0.25) is 24.6 Å². The van der Waals surface area contributed by atoms with Crippen molar-refractivity contribution in [2.75, 3.05) is 4.90 Å². The number of hydrogen-bond acceptors (Lipinski definition) is 5. The maximum absolute atomic E-state index is 12.6. The van der Waals surface area contributed by atoms with E-state index >= 15 is 0 Å². The molecule has 2 aromatic carbocycles. The second-order valence-corrected chi connectivity index (χ2v) is 5.71. The van der Waals surface area contributed by atoms with Crippen molar-refractivity contribution in [3.05, 3.63) is 81.6 Å². The van der Waals surface area contributed by atoms with Gasteiger partial charge < -0.3 is 10.2 Å². The summed E-state index contributed by atoms with van der Waals surface area (Å²) in [5.74, 6) is -2.53. The molecule has 2 aromatic rings. The van der Waals surface area contributed by atoms with Gasteiger partial charge in [-0.15, -0.1) is 0 Å². The lowest BCUT2D eigenvalue weighted by Crippen LogP contribution is -2.30. The summed E-state index contributed by atoms with van der Waals surface area (Å²) in [6.45, 7) is 0. The van der Waals surface area contributed by atoms with Gasteiger partial charge in [0.25, 0.3) is 11.6 Å². The molecular formula is C18H14N2O6. The fourth-order valence-corrected chi connectivity index (χ4v) is 2.98. The van der Waals surface area contributed by atoms with E-state index in [0.717, 1.165) is 0 Å². The van der Waals surface area contributed by atoms with Crippen LogP contribution >= 0.6 is 0 Å². The Balaban J connectivity index is 2.09. The summed E-state index contributed by atoms with van der Waals surface area (Å²) in [5, 5.41) is 30.2. The molecule has 0 saturated heterocycles. The second kappa shape index (κ2) is 6.67. The predicted molar refractivity (Wildman–Crippen MR) is 91.7 cm³/mol. The molecule has 8 nitrogen and oxygen atoms in total. The highest BCUT2D eigenvalue weighted by Crippen LogP contribution is 2.42. The predicted octanol–water partition coefficient (Wildman–Crippen LogP) is 2.97. The number of carbonyl (C=O) groups excluding carboxylic acids is 1. The molecule has 132 valence electrons. The third-order valence-electron chi connectivity index (χ3n) is 4.11. The van der Waals surface area contributed by atoms with Gasteiger partial charge in [0, 0.05) is 23.4 Å². The van der Waals surface area contributed by atoms with Gasteiger partial charge in [0.15, 0.2) is 5.76 Å². The molecule has 2 N–H and O–H groups in total. The topological polar surface area (TPSA) is 121 Å². The lowest BCUT2D eigenvalue weighted by molar-refractivity contribution is -0.384. The highest BCUT2D eigenvalue weighted by Gasteiger charge is 2.41. The van der Waals surface area contributed by atoms with Crippen LogP contribution in [-0.2, 0) is 9.59 Å². The van der Waals surface area contributed by atoms with E-state index < -0.39 is 35.0 Å². The van der Waals surface area contributed by atoms with Crippen LogP contribution in [0.25, 0.3) is 0 Å². The summed E-state index contributed by atoms with van der Waals surface area (Å²) >= 11 is 0. The zero-order valence-corrected chi connectivity index (χ0v) is 13.4. The van der Waals surface area contributed by atoms with Gasteiger partial charge in [-0.05, 0) is 17.7 Å². The van der Waals surface area contributed by atoms with Crippen molar-refractivity contribution >= 4 is 23.3 Å². The van der Waals surface area contributed by atoms with Gasteiger partial charge in [0.1, 0.15) is 0 Å². The molecule has 0 saturated carbocycles. The molecule has 0 aromatic heterocycles. The smallest absolute Gasteiger partial charge is 0.307 e. The minimum atomic E-state index is -1.18. The van der Waals surface area contributed by atoms with Gasteiger partial charge in [0.05, 0.1) is 17.4 Å². The number of carboxylic acids is 1. The maximum atomic E-state index is 12.6. The van der Waals surface area contributed by atoms with Crippen molar-refractivity contribution in [1.29, 1.82) is 0 Å². The number of aliphatic carboxylic acids is 1. The summed E-state index contributed by atoms with van der Waals surface area (Å²) in [4.78, 5) is 35.3. The monoisotopic (exact) mass is 354 g/mol. The number of nitrogens with zero attached hydrogens (tertiary/aromatic N) is 2. The van der Waals surface area contributed by atoms with E-state index in [1.54, 1.807) is 30.3 Å². The summed E-state index contributed by atoms with van der Waals surface area (Å²) in [6.07, 6.45) is -0.499. The first-order valence-electron chi connectivity index (χ1n) is 7.67. The molecule has 1 aliphatic heterocycles. The molecule has 0 bridgehead atoms. The Morgan fingerprint density at radius 1 is 1.12 bits per heavy atom. The quantitative estimate of drug-likeness (QED) is 0.629. The van der Waals surface area contributed by atoms with Crippen molar-refractivity contribution in [3.63, 3.8) is 0 Å². The number of carboxylic acid groups (broad SMARTS) is 1. The molecule has 3 rings (SSSR count). The molecule has 1 amide bonds. The Morgan fingerprint density at radius 3 is 2.27 bits per heavy atom. The molecule has 1 heterocycles. The summed E-state index contributed by atoms with van der Waals surface area (Å²) in [5.41, 5.74) is 0.882. The van der Waals surface area contributed by atoms with Crippen molar-refractivity contribution in [3.8, 4) is 0 Å². The SMILES string of the molecule is O=C(O)CC1=C(O)C(=O)N(c2ccc([N+](=O)[O-])cc2)C1c1ccccc1. The van der Waals surface area contributed by atoms with E-state index in [9.17, 15) is 24.8 Å². The molecule has 8 heteroatoms. The number of benzene rings is 2. The zero-order valence-electron chi connectivity index (χ0n) is 13.4. The van der Waals surface area contributed by atoms with Crippen LogP contribution in [0.4, 0.5) is 11.4 Å². The number of carbonyl (C=O) groups is 2. The number of anilines is 1. The van der Waals surface area contributed by atoms with Crippen LogP contribution in [-0.4, -0.2) is 27.0 Å². The van der Waals surface area contributed by atoms with Crippen LogP contribution in [0.15, 0.2) is 65.9 Å². The molecule has 1 aliphatic rings. The molecule has 0 spiro atoms. The van der Waals surface area contributed by atoms with Crippen LogP contribution in [0.1, 0.15) is 18.0 Å². The Kier molecular flexibility index (Phi) is 4.40. The summed E-state index contributed by atoms with van der Waals surface area (Å²) in [6, 6.07) is 13.2. The Morgan fingerprint density at radius 2 is 1.73 bits per heavy atom. The first-order chi connectivity index (χ1) is 12.4. The lowest BCUT2D eigenvalue weighted by atomic mass is 9.96. The van der Waals surface area contributed by atoms with Crippen molar-refractivity contribution < 1.29 is 24.7 Å². The molecule has 0 fully saturated rings. The number of aliphatic hydroxyl groups is 1. The average molecular weight is 354 g/mol. The Bertz CT molecular complexity index is 905. The highest BCUT2D eigenvalue weighted by atomic mass is 16.6. The van der Waals surface area contributed by atoms with Crippen molar-refractivity contribution in [2.24, 2.45) is 0 Å². The Labute approximate surface area is 147 Å². The number of nitro benzene ring substituents is 1. The lowest BCUT2D eigenvalue weighted by Gasteiger charge is -2.27. The summed E-state index contributed by atoms with van der Waals surface area (Å²) in [7, 11) is 0. The highest BCUT2D eigenvalue weighted by molar-refractivity contribution is 6.09. The number of rotatable bonds is 5. The molecular weight excluding hydrogens is 340 g/mol. The number of amides is 1. The van der Waals surface area contributed by atoms with Gasteiger partial charge in [-0.2, -0.15) is 0 Å². The molecule has 0 radical (unpaired) electrons. The molecule has 1 unspecified atom stereocenters. The fourth-order valence-electron chi connectivity index (χ4n) is 2.98. The third kappa shape index (κ3) is 3.00. The maximum Gasteiger partial charge on any atom is 0.307 e. The van der Waals surface area contributed by atoms with Crippen LogP contribution in [0.3, 0.4) is 0 Å². The van der Waals surface area contributed by atoms with Crippen LogP contribution in [0, 0.1) is 10.1 Å². The van der Waals surface area contributed by atoms with Gasteiger partial charge in [-0.25, -0.2) is 0 Å². The van der Waals surface area contributed by atoms with E-state index in [4.69, 9.17) is 5.11 Å². The first kappa shape index (κ1) is 17.2. The van der Waals surface area contributed by atoms with Crippen LogP contribution in [0.5, 0.6) is 0 Å². The minimum Gasteiger partial charge on any atom is -0.503 e. The molecule has 26 heavy (non-hydrogen) atoms. The number of hydrogen-bond donors (Lipinski definition) is 2. The fraction of sp³-hybridized carbons (Fsp3) is 0.111. The van der Waals surface area contributed by atoms with Gasteiger partial charge in [0.2, 0.25) is 0 Å².